The van der Waals surface area contributed by atoms with Gasteiger partial charge in [0, 0.05) is 29.8 Å². The second-order valence-electron chi connectivity index (χ2n) is 5.52. The van der Waals surface area contributed by atoms with Gasteiger partial charge in [-0.1, -0.05) is 30.0 Å². The smallest absolute Gasteiger partial charge is 0.192 e. The molecular weight excluding hydrogens is 311 g/mol. The van der Waals surface area contributed by atoms with Gasteiger partial charge in [-0.25, -0.2) is 4.39 Å². The molecule has 23 heavy (non-hydrogen) atoms. The third kappa shape index (κ3) is 2.99. The van der Waals surface area contributed by atoms with E-state index in [0.29, 0.717) is 17.4 Å². The number of hydrogen-bond donors (Lipinski definition) is 0. The van der Waals surface area contributed by atoms with E-state index in [-0.39, 0.29) is 5.82 Å². The number of halogens is 1. The topological polar surface area (TPSA) is 43.6 Å². The molecule has 2 aromatic heterocycles. The molecule has 0 radical (unpaired) electrons. The molecule has 4 nitrogen and oxygen atoms in total. The van der Waals surface area contributed by atoms with Gasteiger partial charge >= 0.3 is 0 Å². The Morgan fingerprint density at radius 3 is 2.61 bits per heavy atom. The van der Waals surface area contributed by atoms with Crippen molar-refractivity contribution in [2.75, 3.05) is 0 Å². The van der Waals surface area contributed by atoms with E-state index in [2.05, 4.69) is 19.7 Å². The summed E-state index contributed by atoms with van der Waals surface area (Å²) in [6.45, 7) is 0. The monoisotopic (exact) mass is 326 g/mol. The van der Waals surface area contributed by atoms with E-state index in [1.165, 1.54) is 17.8 Å². The fourth-order valence-electron chi connectivity index (χ4n) is 2.49. The molecule has 0 saturated heterocycles. The molecule has 4 rings (SSSR count). The molecule has 0 unspecified atom stereocenters. The van der Waals surface area contributed by atoms with Crippen LogP contribution in [0.25, 0.3) is 11.4 Å². The van der Waals surface area contributed by atoms with Crippen LogP contribution in [-0.2, 0) is 5.75 Å². The summed E-state index contributed by atoms with van der Waals surface area (Å²) in [6, 6.07) is 11.2. The fraction of sp³-hybridized carbons (Fsp3) is 0.235. The Bertz CT molecular complexity index is 814. The fourth-order valence-corrected chi connectivity index (χ4v) is 3.48. The SMILES string of the molecule is Fc1ccccc1CSc1nnc(-c2ccncc2)n1C1CC1. The van der Waals surface area contributed by atoms with Crippen LogP contribution in [0.5, 0.6) is 0 Å². The molecule has 1 fully saturated rings. The van der Waals surface area contributed by atoms with E-state index in [1.807, 2.05) is 24.3 Å². The van der Waals surface area contributed by atoms with Gasteiger partial charge < -0.3 is 0 Å². The molecule has 0 bridgehead atoms. The quantitative estimate of drug-likeness (QED) is 0.662. The summed E-state index contributed by atoms with van der Waals surface area (Å²) in [6.07, 6.45) is 5.80. The predicted octanol–water partition coefficient (Wildman–Crippen LogP) is 4.11. The summed E-state index contributed by atoms with van der Waals surface area (Å²) in [5.41, 5.74) is 1.70. The molecule has 1 aliphatic carbocycles. The van der Waals surface area contributed by atoms with Gasteiger partial charge in [-0.3, -0.25) is 9.55 Å². The van der Waals surface area contributed by atoms with Gasteiger partial charge in [-0.15, -0.1) is 10.2 Å². The Morgan fingerprint density at radius 1 is 1.09 bits per heavy atom. The lowest BCUT2D eigenvalue weighted by molar-refractivity contribution is 0.617. The molecule has 6 heteroatoms. The third-order valence-electron chi connectivity index (χ3n) is 3.83. The van der Waals surface area contributed by atoms with Gasteiger partial charge in [0.25, 0.3) is 0 Å². The van der Waals surface area contributed by atoms with Crippen molar-refractivity contribution in [2.24, 2.45) is 0 Å². The number of aromatic nitrogens is 4. The first-order valence-electron chi connectivity index (χ1n) is 7.54. The largest absolute Gasteiger partial charge is 0.299 e. The van der Waals surface area contributed by atoms with E-state index in [9.17, 15) is 4.39 Å². The van der Waals surface area contributed by atoms with Crippen molar-refractivity contribution in [3.05, 3.63) is 60.2 Å². The van der Waals surface area contributed by atoms with Crippen LogP contribution in [0.2, 0.25) is 0 Å². The highest BCUT2D eigenvalue weighted by atomic mass is 32.2. The van der Waals surface area contributed by atoms with Crippen molar-refractivity contribution < 1.29 is 4.39 Å². The zero-order valence-electron chi connectivity index (χ0n) is 12.4. The molecular formula is C17H15FN4S. The van der Waals surface area contributed by atoms with Gasteiger partial charge in [0.05, 0.1) is 0 Å². The summed E-state index contributed by atoms with van der Waals surface area (Å²) in [5, 5.41) is 9.53. The van der Waals surface area contributed by atoms with E-state index >= 15 is 0 Å². The second-order valence-corrected chi connectivity index (χ2v) is 6.47. The highest BCUT2D eigenvalue weighted by molar-refractivity contribution is 7.98. The lowest BCUT2D eigenvalue weighted by Crippen LogP contribution is -2.00. The maximum atomic E-state index is 13.8. The molecule has 0 aliphatic heterocycles. The summed E-state index contributed by atoms with van der Waals surface area (Å²) >= 11 is 1.53. The average molecular weight is 326 g/mol. The minimum Gasteiger partial charge on any atom is -0.299 e. The molecule has 1 aliphatic rings. The Morgan fingerprint density at radius 2 is 1.87 bits per heavy atom. The zero-order chi connectivity index (χ0) is 15.6. The lowest BCUT2D eigenvalue weighted by Gasteiger charge is -2.09. The lowest BCUT2D eigenvalue weighted by atomic mass is 10.2. The van der Waals surface area contributed by atoms with E-state index in [0.717, 1.165) is 29.4 Å². The van der Waals surface area contributed by atoms with Crippen LogP contribution in [0.15, 0.2) is 53.9 Å². The first-order chi connectivity index (χ1) is 11.3. The van der Waals surface area contributed by atoms with Gasteiger partial charge in [-0.05, 0) is 36.6 Å². The summed E-state index contributed by atoms with van der Waals surface area (Å²) < 4.78 is 16.0. The van der Waals surface area contributed by atoms with Crippen LogP contribution in [0.3, 0.4) is 0 Å². The van der Waals surface area contributed by atoms with E-state index in [1.54, 1.807) is 18.5 Å². The minimum absolute atomic E-state index is 0.174. The highest BCUT2D eigenvalue weighted by Gasteiger charge is 2.30. The van der Waals surface area contributed by atoms with Gasteiger partial charge in [-0.2, -0.15) is 0 Å². The van der Waals surface area contributed by atoms with Gasteiger partial charge in [0.2, 0.25) is 0 Å². The van der Waals surface area contributed by atoms with E-state index in [4.69, 9.17) is 0 Å². The Hall–Kier alpha value is -2.21. The van der Waals surface area contributed by atoms with Gasteiger partial charge in [0.1, 0.15) is 5.82 Å². The molecule has 1 aromatic carbocycles. The maximum absolute atomic E-state index is 13.8. The van der Waals surface area contributed by atoms with Crippen LogP contribution in [0.1, 0.15) is 24.4 Å². The van der Waals surface area contributed by atoms with Crippen molar-refractivity contribution >= 4 is 11.8 Å². The second kappa shape index (κ2) is 6.12. The zero-order valence-corrected chi connectivity index (χ0v) is 13.2. The Balaban J connectivity index is 1.62. The van der Waals surface area contributed by atoms with Crippen LogP contribution in [0, 0.1) is 5.82 Å². The van der Waals surface area contributed by atoms with Crippen LogP contribution < -0.4 is 0 Å². The molecule has 1 saturated carbocycles. The third-order valence-corrected chi connectivity index (χ3v) is 4.82. The summed E-state index contributed by atoms with van der Waals surface area (Å²) in [5.74, 6) is 1.24. The van der Waals surface area contributed by atoms with Crippen molar-refractivity contribution in [2.45, 2.75) is 29.8 Å². The van der Waals surface area contributed by atoms with Gasteiger partial charge in [0.15, 0.2) is 11.0 Å². The number of nitrogens with zero attached hydrogens (tertiary/aromatic N) is 4. The molecule has 3 aromatic rings. The molecule has 0 atom stereocenters. The number of pyridine rings is 1. The van der Waals surface area contributed by atoms with Crippen molar-refractivity contribution in [1.82, 2.24) is 19.7 Å². The number of hydrogen-bond acceptors (Lipinski definition) is 4. The number of rotatable bonds is 5. The standard InChI is InChI=1S/C17H15FN4S/c18-15-4-2-1-3-13(15)11-23-17-21-20-16(22(17)14-5-6-14)12-7-9-19-10-8-12/h1-4,7-10,14H,5-6,11H2. The molecule has 2 heterocycles. The van der Waals surface area contributed by atoms with Crippen LogP contribution in [-0.4, -0.2) is 19.7 Å². The maximum Gasteiger partial charge on any atom is 0.192 e. The Labute approximate surface area is 137 Å². The van der Waals surface area contributed by atoms with Crippen molar-refractivity contribution in [3.63, 3.8) is 0 Å². The first-order valence-corrected chi connectivity index (χ1v) is 8.53. The highest BCUT2D eigenvalue weighted by Crippen LogP contribution is 2.41. The molecule has 116 valence electrons. The average Bonchev–Trinajstić information content (AvgIpc) is 3.34. The minimum atomic E-state index is -0.174. The summed E-state index contributed by atoms with van der Waals surface area (Å²) in [7, 11) is 0. The first kappa shape index (κ1) is 14.4. The molecule has 0 amide bonds. The predicted molar refractivity (Wildman–Crippen MR) is 87.5 cm³/mol. The normalized spacial score (nSPS) is 14.1. The molecule has 0 spiro atoms. The molecule has 0 N–H and O–H groups in total. The van der Waals surface area contributed by atoms with E-state index < -0.39 is 0 Å². The van der Waals surface area contributed by atoms with Crippen molar-refractivity contribution in [3.8, 4) is 11.4 Å². The van der Waals surface area contributed by atoms with Crippen LogP contribution >= 0.6 is 11.8 Å². The number of thioether (sulfide) groups is 1. The van der Waals surface area contributed by atoms with Crippen LogP contribution in [0.4, 0.5) is 4.39 Å². The Kier molecular flexibility index (Phi) is 3.83. The van der Waals surface area contributed by atoms with Crippen molar-refractivity contribution in [1.29, 1.82) is 0 Å². The summed E-state index contributed by atoms with van der Waals surface area (Å²) in [4.78, 5) is 4.05. The number of benzene rings is 1.